The van der Waals surface area contributed by atoms with Gasteiger partial charge in [0.15, 0.2) is 0 Å². The SMILES string of the molecule is NCC1(C(=O)NCc2cccc(COc3ccccc3)c2)CCOCC1. The van der Waals surface area contributed by atoms with Crippen LogP contribution in [0.1, 0.15) is 24.0 Å². The van der Waals surface area contributed by atoms with Crippen LogP contribution in [0.5, 0.6) is 5.75 Å². The van der Waals surface area contributed by atoms with E-state index in [-0.39, 0.29) is 5.91 Å². The summed E-state index contributed by atoms with van der Waals surface area (Å²) in [5, 5.41) is 3.05. The zero-order valence-corrected chi connectivity index (χ0v) is 14.9. The number of nitrogens with two attached hydrogens (primary N) is 1. The van der Waals surface area contributed by atoms with Crippen LogP contribution in [-0.2, 0) is 22.7 Å². The molecule has 1 saturated heterocycles. The highest BCUT2D eigenvalue weighted by atomic mass is 16.5. The highest BCUT2D eigenvalue weighted by Crippen LogP contribution is 2.29. The molecule has 1 amide bonds. The Morgan fingerprint density at radius 3 is 2.54 bits per heavy atom. The summed E-state index contributed by atoms with van der Waals surface area (Å²) in [7, 11) is 0. The molecule has 2 aromatic rings. The van der Waals surface area contributed by atoms with Crippen molar-refractivity contribution in [3.8, 4) is 5.75 Å². The smallest absolute Gasteiger partial charge is 0.227 e. The molecule has 0 spiro atoms. The summed E-state index contributed by atoms with van der Waals surface area (Å²) in [4.78, 5) is 12.6. The van der Waals surface area contributed by atoms with Crippen LogP contribution in [0.25, 0.3) is 0 Å². The minimum absolute atomic E-state index is 0.0224. The number of ether oxygens (including phenoxy) is 2. The first-order valence-corrected chi connectivity index (χ1v) is 9.04. The average molecular weight is 354 g/mol. The molecule has 0 unspecified atom stereocenters. The zero-order valence-electron chi connectivity index (χ0n) is 14.9. The minimum Gasteiger partial charge on any atom is -0.489 e. The van der Waals surface area contributed by atoms with Gasteiger partial charge in [0, 0.05) is 26.3 Å². The van der Waals surface area contributed by atoms with Crippen molar-refractivity contribution >= 4 is 5.91 Å². The number of carbonyl (C=O) groups excluding carboxylic acids is 1. The number of nitrogens with one attached hydrogen (secondary N) is 1. The molecule has 3 rings (SSSR count). The predicted octanol–water partition coefficient (Wildman–Crippen LogP) is 2.64. The molecule has 0 radical (unpaired) electrons. The average Bonchev–Trinajstić information content (AvgIpc) is 2.72. The number of benzene rings is 2. The van der Waals surface area contributed by atoms with Crippen LogP contribution in [-0.4, -0.2) is 25.7 Å². The lowest BCUT2D eigenvalue weighted by atomic mass is 9.79. The van der Waals surface area contributed by atoms with Crippen molar-refractivity contribution in [3.63, 3.8) is 0 Å². The molecular weight excluding hydrogens is 328 g/mol. The fourth-order valence-corrected chi connectivity index (χ4v) is 3.17. The van der Waals surface area contributed by atoms with Crippen LogP contribution in [0, 0.1) is 5.41 Å². The molecule has 2 aromatic carbocycles. The van der Waals surface area contributed by atoms with Gasteiger partial charge in [-0.15, -0.1) is 0 Å². The van der Waals surface area contributed by atoms with E-state index in [0.717, 1.165) is 16.9 Å². The number of carbonyl (C=O) groups is 1. The second kappa shape index (κ2) is 8.83. The quantitative estimate of drug-likeness (QED) is 0.802. The summed E-state index contributed by atoms with van der Waals surface area (Å²) < 4.78 is 11.2. The Morgan fingerprint density at radius 1 is 1.08 bits per heavy atom. The van der Waals surface area contributed by atoms with Gasteiger partial charge in [-0.25, -0.2) is 0 Å². The van der Waals surface area contributed by atoms with Gasteiger partial charge in [0.05, 0.1) is 5.41 Å². The van der Waals surface area contributed by atoms with Gasteiger partial charge in [0.25, 0.3) is 0 Å². The van der Waals surface area contributed by atoms with Crippen LogP contribution in [0.2, 0.25) is 0 Å². The molecule has 0 aliphatic carbocycles. The molecule has 3 N–H and O–H groups in total. The number of amides is 1. The highest BCUT2D eigenvalue weighted by molar-refractivity contribution is 5.83. The van der Waals surface area contributed by atoms with Gasteiger partial charge in [-0.2, -0.15) is 0 Å². The first-order valence-electron chi connectivity index (χ1n) is 9.04. The normalized spacial score (nSPS) is 16.0. The fraction of sp³-hybridized carbons (Fsp3) is 0.381. The third-order valence-corrected chi connectivity index (χ3v) is 4.92. The number of rotatable bonds is 7. The Morgan fingerprint density at radius 2 is 1.81 bits per heavy atom. The van der Waals surface area contributed by atoms with Crippen molar-refractivity contribution in [1.82, 2.24) is 5.32 Å². The summed E-state index contributed by atoms with van der Waals surface area (Å²) in [6, 6.07) is 17.8. The van der Waals surface area contributed by atoms with E-state index in [1.807, 2.05) is 48.5 Å². The van der Waals surface area contributed by atoms with Crippen molar-refractivity contribution in [2.75, 3.05) is 19.8 Å². The van der Waals surface area contributed by atoms with Gasteiger partial charge in [0.2, 0.25) is 5.91 Å². The van der Waals surface area contributed by atoms with Gasteiger partial charge >= 0.3 is 0 Å². The molecule has 138 valence electrons. The molecular formula is C21H26N2O3. The Labute approximate surface area is 154 Å². The number of hydrogen-bond donors (Lipinski definition) is 2. The highest BCUT2D eigenvalue weighted by Gasteiger charge is 2.38. The maximum Gasteiger partial charge on any atom is 0.227 e. The van der Waals surface area contributed by atoms with E-state index in [1.54, 1.807) is 0 Å². The first-order chi connectivity index (χ1) is 12.7. The molecule has 0 aromatic heterocycles. The third kappa shape index (κ3) is 4.62. The predicted molar refractivity (Wildman–Crippen MR) is 101 cm³/mol. The van der Waals surface area contributed by atoms with Gasteiger partial charge in [-0.1, -0.05) is 42.5 Å². The van der Waals surface area contributed by atoms with E-state index >= 15 is 0 Å². The zero-order chi connectivity index (χ0) is 18.2. The second-order valence-corrected chi connectivity index (χ2v) is 6.70. The molecule has 1 aliphatic rings. The van der Waals surface area contributed by atoms with E-state index in [2.05, 4.69) is 11.4 Å². The maximum absolute atomic E-state index is 12.6. The fourth-order valence-electron chi connectivity index (χ4n) is 3.17. The largest absolute Gasteiger partial charge is 0.489 e. The Hall–Kier alpha value is -2.37. The van der Waals surface area contributed by atoms with E-state index in [9.17, 15) is 4.79 Å². The Bertz CT molecular complexity index is 712. The van der Waals surface area contributed by atoms with Crippen molar-refractivity contribution in [2.24, 2.45) is 11.1 Å². The van der Waals surface area contributed by atoms with E-state index in [1.165, 1.54) is 0 Å². The topological polar surface area (TPSA) is 73.6 Å². The van der Waals surface area contributed by atoms with Crippen LogP contribution < -0.4 is 15.8 Å². The lowest BCUT2D eigenvalue weighted by Gasteiger charge is -2.34. The summed E-state index contributed by atoms with van der Waals surface area (Å²) in [6.07, 6.45) is 1.36. The third-order valence-electron chi connectivity index (χ3n) is 4.92. The molecule has 5 heteroatoms. The van der Waals surface area contributed by atoms with Crippen LogP contribution in [0.3, 0.4) is 0 Å². The lowest BCUT2D eigenvalue weighted by molar-refractivity contribution is -0.136. The molecule has 0 bridgehead atoms. The summed E-state index contributed by atoms with van der Waals surface area (Å²) >= 11 is 0. The number of hydrogen-bond acceptors (Lipinski definition) is 4. The summed E-state index contributed by atoms with van der Waals surface area (Å²) in [6.45, 7) is 2.53. The van der Waals surface area contributed by atoms with Crippen molar-refractivity contribution in [2.45, 2.75) is 26.0 Å². The van der Waals surface area contributed by atoms with E-state index < -0.39 is 5.41 Å². The lowest BCUT2D eigenvalue weighted by Crippen LogP contribution is -2.48. The Kier molecular flexibility index (Phi) is 6.26. The maximum atomic E-state index is 12.6. The standard InChI is InChI=1S/C21H26N2O3/c22-16-21(9-11-25-12-10-21)20(24)23-14-17-5-4-6-18(13-17)15-26-19-7-2-1-3-8-19/h1-8,13H,9-12,14-16,22H2,(H,23,24). The van der Waals surface area contributed by atoms with Crippen LogP contribution in [0.15, 0.2) is 54.6 Å². The molecule has 5 nitrogen and oxygen atoms in total. The van der Waals surface area contributed by atoms with Crippen LogP contribution >= 0.6 is 0 Å². The minimum atomic E-state index is -0.494. The summed E-state index contributed by atoms with van der Waals surface area (Å²) in [5.41, 5.74) is 7.52. The first kappa shape index (κ1) is 18.4. The molecule has 0 saturated carbocycles. The molecule has 1 fully saturated rings. The number of para-hydroxylation sites is 1. The van der Waals surface area contributed by atoms with Crippen molar-refractivity contribution in [3.05, 3.63) is 65.7 Å². The Balaban J connectivity index is 1.55. The second-order valence-electron chi connectivity index (χ2n) is 6.70. The van der Waals surface area contributed by atoms with Gasteiger partial charge in [-0.3, -0.25) is 4.79 Å². The van der Waals surface area contributed by atoms with Gasteiger partial charge in [0.1, 0.15) is 12.4 Å². The van der Waals surface area contributed by atoms with E-state index in [4.69, 9.17) is 15.2 Å². The van der Waals surface area contributed by atoms with Crippen LogP contribution in [0.4, 0.5) is 0 Å². The van der Waals surface area contributed by atoms with Crippen molar-refractivity contribution in [1.29, 1.82) is 0 Å². The molecule has 26 heavy (non-hydrogen) atoms. The van der Waals surface area contributed by atoms with Gasteiger partial charge in [-0.05, 0) is 36.1 Å². The van der Waals surface area contributed by atoms with E-state index in [0.29, 0.717) is 45.8 Å². The monoisotopic (exact) mass is 354 g/mol. The molecule has 1 heterocycles. The summed E-state index contributed by atoms with van der Waals surface area (Å²) in [5.74, 6) is 0.866. The molecule has 0 atom stereocenters. The molecule has 1 aliphatic heterocycles. The van der Waals surface area contributed by atoms with Gasteiger partial charge < -0.3 is 20.5 Å². The van der Waals surface area contributed by atoms with Crippen molar-refractivity contribution < 1.29 is 14.3 Å².